The van der Waals surface area contributed by atoms with Crippen molar-refractivity contribution >= 4 is 46.6 Å². The van der Waals surface area contributed by atoms with Gasteiger partial charge in [-0.15, -0.1) is 0 Å². The van der Waals surface area contributed by atoms with Gasteiger partial charge in [0, 0.05) is 63.1 Å². The topological polar surface area (TPSA) is 151 Å². The van der Waals surface area contributed by atoms with Crippen LogP contribution in [0.1, 0.15) is 124 Å². The predicted octanol–water partition coefficient (Wildman–Crippen LogP) is 9.64. The minimum atomic E-state index is -0.976. The Balaban J connectivity index is 0.000000233. The zero-order valence-electron chi connectivity index (χ0n) is 38.9. The maximum absolute atomic E-state index is 12.9. The van der Waals surface area contributed by atoms with Crippen LogP contribution in [-0.2, 0) is 9.59 Å². The van der Waals surface area contributed by atoms with E-state index in [1.807, 2.05) is 34.6 Å². The third-order valence-electron chi connectivity index (χ3n) is 12.6. The fraction of sp³-hybridized carbons (Fsp3) is 0.520. The van der Waals surface area contributed by atoms with Crippen LogP contribution >= 0.6 is 23.2 Å². The molecule has 0 heterocycles. The molecule has 0 atom stereocenters. The van der Waals surface area contributed by atoms with Crippen LogP contribution in [0.2, 0.25) is 10.0 Å². The second kappa shape index (κ2) is 23.6. The number of hydrogen-bond donors (Lipinski definition) is 3. The molecule has 0 radical (unpaired) electrons. The van der Waals surface area contributed by atoms with E-state index in [-0.39, 0.29) is 41.8 Å². The summed E-state index contributed by atoms with van der Waals surface area (Å²) in [6, 6.07) is 7.84. The molecule has 4 N–H and O–H groups in total. The van der Waals surface area contributed by atoms with E-state index >= 15 is 0 Å². The van der Waals surface area contributed by atoms with E-state index in [2.05, 4.69) is 43.3 Å². The number of carbonyl (C=O) groups is 4. The van der Waals surface area contributed by atoms with Crippen LogP contribution in [0.4, 0.5) is 0 Å². The predicted molar refractivity (Wildman–Crippen MR) is 254 cm³/mol. The van der Waals surface area contributed by atoms with Crippen molar-refractivity contribution < 1.29 is 33.8 Å². The minimum Gasteiger partial charge on any atom is -0.490 e. The van der Waals surface area contributed by atoms with Gasteiger partial charge in [0.25, 0.3) is 5.91 Å². The van der Waals surface area contributed by atoms with Crippen molar-refractivity contribution in [2.24, 2.45) is 5.73 Å². The summed E-state index contributed by atoms with van der Waals surface area (Å²) >= 11 is 12.3. The van der Waals surface area contributed by atoms with Crippen LogP contribution in [0.5, 0.6) is 11.5 Å². The van der Waals surface area contributed by atoms with Crippen molar-refractivity contribution in [3.05, 3.63) is 102 Å². The van der Waals surface area contributed by atoms with Crippen molar-refractivity contribution in [3.63, 3.8) is 0 Å². The van der Waals surface area contributed by atoms with Gasteiger partial charge >= 0.3 is 5.97 Å². The third kappa shape index (κ3) is 14.6. The number of halogens is 2. The van der Waals surface area contributed by atoms with E-state index in [4.69, 9.17) is 38.4 Å². The Bertz CT molecular complexity index is 2140. The number of ketones is 2. The van der Waals surface area contributed by atoms with E-state index in [0.29, 0.717) is 56.9 Å². The van der Waals surface area contributed by atoms with Crippen molar-refractivity contribution in [2.45, 2.75) is 130 Å². The molecule has 2 fully saturated rings. The quantitative estimate of drug-likeness (QED) is 0.199. The Morgan fingerprint density at radius 3 is 1.44 bits per heavy atom. The smallest absolute Gasteiger partial charge is 0.336 e. The highest BCUT2D eigenvalue weighted by atomic mass is 35.5. The standard InChI is InChI=1S/C25H33ClN2O3.C16H22ClNO3.C9H13NO/c1-15-10-16(2)22(23(29)11-15)14-27-25(30)21-12-18(26)13-24(17(21)3)31-20-8-6-19(7-9-20)28(4)5;1-10-14(16(19)20)8-11(17)9-15(10)21-13-6-4-12(5-7-13)18(2)3;1-6-3-7(2)8(5-10)9(11)4-6/h11-13,19-20H,6-10,14H2,1-5H3,(H,27,30);8-9,12-13H,4-7H2,1-3H3,(H,19,20);4H,3,5,10H2,1-2H3. The number of nitrogens with two attached hydrogens (primary N) is 1. The van der Waals surface area contributed by atoms with Crippen LogP contribution in [-0.4, -0.2) is 104 Å². The molecule has 0 spiro atoms. The van der Waals surface area contributed by atoms with Gasteiger partial charge in [0.2, 0.25) is 0 Å². The van der Waals surface area contributed by atoms with Crippen LogP contribution in [0.15, 0.2) is 69.9 Å². The zero-order valence-corrected chi connectivity index (χ0v) is 40.4. The fourth-order valence-electron chi connectivity index (χ4n) is 8.70. The highest BCUT2D eigenvalue weighted by molar-refractivity contribution is 6.31. The third-order valence-corrected chi connectivity index (χ3v) is 13.0. The number of amides is 1. The Morgan fingerprint density at radius 1 is 0.667 bits per heavy atom. The number of rotatable bonds is 11. The SMILES string of the molecule is CC1=CC(=O)C(CN)=C(C)C1.CC1=CC(=O)C(CNC(=O)c2cc(Cl)cc(OC3CCC(N(C)C)CC3)c2C)=C(C)C1.Cc1c(OC2CCC(N(C)C)CC2)cc(Cl)cc1C(=O)O. The lowest BCUT2D eigenvalue weighted by atomic mass is 9.92. The number of ether oxygens (including phenoxy) is 2. The molecule has 2 saturated carbocycles. The van der Waals surface area contributed by atoms with E-state index in [1.165, 1.54) is 6.07 Å². The summed E-state index contributed by atoms with van der Waals surface area (Å²) in [4.78, 5) is 52.2. The second-order valence-corrected chi connectivity index (χ2v) is 18.8. The molecule has 2 aromatic rings. The molecular formula is C50H68Cl2N4O7. The maximum atomic E-state index is 12.9. The van der Waals surface area contributed by atoms with Crippen LogP contribution in [0, 0.1) is 13.8 Å². The van der Waals surface area contributed by atoms with Crippen LogP contribution in [0.25, 0.3) is 0 Å². The summed E-state index contributed by atoms with van der Waals surface area (Å²) in [6.07, 6.45) is 13.6. The number of benzene rings is 2. The van der Waals surface area contributed by atoms with E-state index in [9.17, 15) is 24.3 Å². The number of carbonyl (C=O) groups excluding carboxylic acids is 3. The van der Waals surface area contributed by atoms with Gasteiger partial charge in [-0.25, -0.2) is 4.79 Å². The average Bonchev–Trinajstić information content (AvgIpc) is 3.20. The van der Waals surface area contributed by atoms with Gasteiger partial charge in [-0.05, 0) is 170 Å². The molecular weight excluding hydrogens is 839 g/mol. The first kappa shape index (κ1) is 51.4. The first-order valence-corrected chi connectivity index (χ1v) is 22.7. The largest absolute Gasteiger partial charge is 0.490 e. The van der Waals surface area contributed by atoms with Crippen LogP contribution in [0.3, 0.4) is 0 Å². The number of allylic oxidation sites excluding steroid dienone is 6. The summed E-state index contributed by atoms with van der Waals surface area (Å²) in [5, 5.41) is 13.0. The molecule has 2 aromatic carbocycles. The molecule has 344 valence electrons. The summed E-state index contributed by atoms with van der Waals surface area (Å²) in [7, 11) is 8.44. The monoisotopic (exact) mass is 906 g/mol. The Hall–Kier alpha value is -4.26. The second-order valence-electron chi connectivity index (χ2n) is 18.0. The zero-order chi connectivity index (χ0) is 46.7. The van der Waals surface area contributed by atoms with Crippen molar-refractivity contribution in [2.75, 3.05) is 41.3 Å². The summed E-state index contributed by atoms with van der Waals surface area (Å²) in [6.45, 7) is 12.1. The lowest BCUT2D eigenvalue weighted by Crippen LogP contribution is -2.35. The summed E-state index contributed by atoms with van der Waals surface area (Å²) in [5.74, 6) is 0.0917. The van der Waals surface area contributed by atoms with Gasteiger partial charge in [0.05, 0.1) is 17.8 Å². The maximum Gasteiger partial charge on any atom is 0.336 e. The molecule has 4 aliphatic carbocycles. The molecule has 1 amide bonds. The first-order valence-electron chi connectivity index (χ1n) is 22.0. The number of aromatic carboxylic acids is 1. The first-order chi connectivity index (χ1) is 29.7. The molecule has 4 aliphatic rings. The van der Waals surface area contributed by atoms with Crippen molar-refractivity contribution in [3.8, 4) is 11.5 Å². The van der Waals surface area contributed by atoms with Gasteiger partial charge in [-0.3, -0.25) is 14.4 Å². The Labute approximate surface area is 384 Å². The Kier molecular flexibility index (Phi) is 19.2. The van der Waals surface area contributed by atoms with E-state index < -0.39 is 5.97 Å². The lowest BCUT2D eigenvalue weighted by Gasteiger charge is -2.33. The normalized spacial score (nSPS) is 21.5. The van der Waals surface area contributed by atoms with E-state index in [1.54, 1.807) is 37.3 Å². The van der Waals surface area contributed by atoms with Gasteiger partial charge in [-0.1, -0.05) is 45.5 Å². The molecule has 11 nitrogen and oxygen atoms in total. The van der Waals surface area contributed by atoms with Crippen molar-refractivity contribution in [1.82, 2.24) is 15.1 Å². The molecule has 63 heavy (non-hydrogen) atoms. The number of carboxylic acid groups (broad SMARTS) is 1. The molecule has 0 saturated heterocycles. The molecule has 0 bridgehead atoms. The highest BCUT2D eigenvalue weighted by Gasteiger charge is 2.27. The molecule has 0 unspecified atom stereocenters. The number of carboxylic acids is 1. The highest BCUT2D eigenvalue weighted by Crippen LogP contribution is 2.33. The fourth-order valence-corrected chi connectivity index (χ4v) is 9.12. The number of nitrogens with one attached hydrogen (secondary N) is 1. The summed E-state index contributed by atoms with van der Waals surface area (Å²) in [5.41, 5.74) is 13.3. The number of nitrogens with zero attached hydrogens (tertiary/aromatic N) is 2. The van der Waals surface area contributed by atoms with E-state index in [0.717, 1.165) is 97.6 Å². The summed E-state index contributed by atoms with van der Waals surface area (Å²) < 4.78 is 12.3. The molecule has 0 aliphatic heterocycles. The van der Waals surface area contributed by atoms with Gasteiger partial charge in [0.15, 0.2) is 11.6 Å². The molecule has 6 rings (SSSR count). The average molecular weight is 908 g/mol. The van der Waals surface area contributed by atoms with Crippen molar-refractivity contribution in [1.29, 1.82) is 0 Å². The Morgan fingerprint density at radius 2 is 1.06 bits per heavy atom. The lowest BCUT2D eigenvalue weighted by molar-refractivity contribution is -0.112. The molecule has 0 aromatic heterocycles. The van der Waals surface area contributed by atoms with Gasteiger partial charge < -0.3 is 35.4 Å². The van der Waals surface area contributed by atoms with Crippen LogP contribution < -0.4 is 20.5 Å². The molecule has 13 heteroatoms. The minimum absolute atomic E-state index is 0.0262. The van der Waals surface area contributed by atoms with Gasteiger partial charge in [0.1, 0.15) is 11.5 Å². The van der Waals surface area contributed by atoms with Gasteiger partial charge in [-0.2, -0.15) is 0 Å². The number of hydrogen-bond acceptors (Lipinski definition) is 9.